The third-order valence-corrected chi connectivity index (χ3v) is 6.02. The van der Waals surface area contributed by atoms with Gasteiger partial charge in [0.15, 0.2) is 5.13 Å². The van der Waals surface area contributed by atoms with Crippen LogP contribution in [0.5, 0.6) is 0 Å². The van der Waals surface area contributed by atoms with Gasteiger partial charge in [0, 0.05) is 46.3 Å². The fourth-order valence-corrected chi connectivity index (χ4v) is 4.10. The van der Waals surface area contributed by atoms with Crippen molar-refractivity contribution in [3.05, 3.63) is 104 Å². The van der Waals surface area contributed by atoms with Gasteiger partial charge in [-0.15, -0.1) is 11.3 Å². The van der Waals surface area contributed by atoms with Crippen molar-refractivity contribution in [2.75, 3.05) is 5.32 Å². The van der Waals surface area contributed by atoms with Crippen LogP contribution in [0.4, 0.5) is 10.8 Å². The normalized spacial score (nSPS) is 11.1. The summed E-state index contributed by atoms with van der Waals surface area (Å²) < 4.78 is 5.68. The molecule has 0 spiro atoms. The zero-order chi connectivity index (χ0) is 24.1. The Labute approximate surface area is 202 Å². The van der Waals surface area contributed by atoms with Crippen LogP contribution in [0.15, 0.2) is 76.9 Å². The van der Waals surface area contributed by atoms with Crippen LogP contribution in [0.3, 0.4) is 0 Å². The number of nitro benzene ring substituents is 1. The number of carbonyl (C=O) groups excluding carboxylic acids is 1. The van der Waals surface area contributed by atoms with Crippen LogP contribution in [0.2, 0.25) is 5.02 Å². The van der Waals surface area contributed by atoms with Crippen molar-refractivity contribution in [3.8, 4) is 17.4 Å². The Kier molecular flexibility index (Phi) is 6.82. The number of thiazole rings is 1. The van der Waals surface area contributed by atoms with E-state index in [1.54, 1.807) is 30.5 Å². The van der Waals surface area contributed by atoms with Crippen molar-refractivity contribution in [2.45, 2.75) is 6.42 Å². The molecule has 34 heavy (non-hydrogen) atoms. The number of halogens is 1. The van der Waals surface area contributed by atoms with Crippen LogP contribution < -0.4 is 5.32 Å². The molecular formula is C24H15ClN4O4S. The van der Waals surface area contributed by atoms with Gasteiger partial charge < -0.3 is 4.42 Å². The molecule has 0 unspecified atom stereocenters. The summed E-state index contributed by atoms with van der Waals surface area (Å²) in [6.45, 7) is 0. The van der Waals surface area contributed by atoms with Crippen molar-refractivity contribution >= 4 is 45.7 Å². The molecule has 1 amide bonds. The number of aromatic nitrogens is 1. The van der Waals surface area contributed by atoms with Gasteiger partial charge >= 0.3 is 0 Å². The van der Waals surface area contributed by atoms with Gasteiger partial charge in [0.2, 0.25) is 0 Å². The molecule has 0 aliphatic rings. The average Bonchev–Trinajstić information content (AvgIpc) is 3.48. The first-order chi connectivity index (χ1) is 16.4. The Morgan fingerprint density at radius 1 is 1.21 bits per heavy atom. The number of benzene rings is 2. The van der Waals surface area contributed by atoms with Crippen molar-refractivity contribution in [2.24, 2.45) is 0 Å². The molecule has 0 aliphatic carbocycles. The minimum atomic E-state index is -0.616. The van der Waals surface area contributed by atoms with Gasteiger partial charge in [0.25, 0.3) is 11.6 Å². The zero-order valence-corrected chi connectivity index (χ0v) is 19.0. The van der Waals surface area contributed by atoms with E-state index in [2.05, 4.69) is 10.3 Å². The number of anilines is 1. The number of nitrogens with one attached hydrogen (secondary N) is 1. The number of carbonyl (C=O) groups is 1. The Morgan fingerprint density at radius 2 is 1.97 bits per heavy atom. The molecule has 8 nitrogen and oxygen atoms in total. The fraction of sp³-hybridized carbons (Fsp3) is 0.0417. The largest absolute Gasteiger partial charge is 0.457 e. The highest BCUT2D eigenvalue weighted by Crippen LogP contribution is 2.27. The third-order valence-electron chi connectivity index (χ3n) is 4.74. The van der Waals surface area contributed by atoms with E-state index in [0.717, 1.165) is 10.4 Å². The summed E-state index contributed by atoms with van der Waals surface area (Å²) >= 11 is 7.49. The van der Waals surface area contributed by atoms with Crippen LogP contribution in [0, 0.1) is 21.4 Å². The maximum absolute atomic E-state index is 12.6. The molecule has 0 fully saturated rings. The summed E-state index contributed by atoms with van der Waals surface area (Å²) in [5.74, 6) is 0.121. The topological polar surface area (TPSA) is 122 Å². The lowest BCUT2D eigenvalue weighted by molar-refractivity contribution is -0.384. The molecule has 10 heteroatoms. The van der Waals surface area contributed by atoms with E-state index in [1.807, 2.05) is 30.3 Å². The number of nitrogens with zero attached hydrogens (tertiary/aromatic N) is 3. The molecule has 168 valence electrons. The second-order valence-corrected chi connectivity index (χ2v) is 8.55. The van der Waals surface area contributed by atoms with Crippen LogP contribution in [0.25, 0.3) is 17.4 Å². The molecule has 2 aromatic carbocycles. The highest BCUT2D eigenvalue weighted by atomic mass is 35.5. The van der Waals surface area contributed by atoms with Crippen molar-refractivity contribution in [3.63, 3.8) is 0 Å². The van der Waals surface area contributed by atoms with Crippen LogP contribution in [-0.4, -0.2) is 15.8 Å². The summed E-state index contributed by atoms with van der Waals surface area (Å²) in [7, 11) is 0. The van der Waals surface area contributed by atoms with E-state index in [9.17, 15) is 20.2 Å². The molecule has 0 saturated heterocycles. The SMILES string of the molecule is N#C/C(=C\c1ccc(-c2ccc([N+](=O)[O-])cc2)o1)C(=O)Nc1ncc(Cc2ccccc2Cl)s1. The lowest BCUT2D eigenvalue weighted by atomic mass is 10.1. The van der Waals surface area contributed by atoms with E-state index in [-0.39, 0.29) is 11.3 Å². The maximum Gasteiger partial charge on any atom is 0.269 e. The summed E-state index contributed by atoms with van der Waals surface area (Å²) in [4.78, 5) is 28.0. The lowest BCUT2D eigenvalue weighted by Gasteiger charge is -2.01. The van der Waals surface area contributed by atoms with Gasteiger partial charge in [-0.25, -0.2) is 4.98 Å². The third kappa shape index (κ3) is 5.38. The second kappa shape index (κ2) is 10.1. The van der Waals surface area contributed by atoms with Gasteiger partial charge in [-0.1, -0.05) is 29.8 Å². The van der Waals surface area contributed by atoms with Crippen molar-refractivity contribution in [1.82, 2.24) is 4.98 Å². The molecule has 2 aromatic heterocycles. The van der Waals surface area contributed by atoms with Gasteiger partial charge in [0.1, 0.15) is 23.2 Å². The van der Waals surface area contributed by atoms with E-state index in [1.165, 1.54) is 29.5 Å². The van der Waals surface area contributed by atoms with Crippen molar-refractivity contribution < 1.29 is 14.1 Å². The molecule has 0 saturated carbocycles. The molecule has 0 aliphatic heterocycles. The number of nitro groups is 1. The predicted octanol–water partition coefficient (Wildman–Crippen LogP) is 6.10. The number of hydrogen-bond donors (Lipinski definition) is 1. The Morgan fingerprint density at radius 3 is 2.68 bits per heavy atom. The number of rotatable bonds is 7. The molecule has 4 aromatic rings. The second-order valence-electron chi connectivity index (χ2n) is 7.03. The minimum absolute atomic E-state index is 0.0314. The summed E-state index contributed by atoms with van der Waals surface area (Å²) in [5, 5.41) is 23.9. The molecule has 0 bridgehead atoms. The Bertz CT molecular complexity index is 1430. The molecule has 0 radical (unpaired) electrons. The maximum atomic E-state index is 12.6. The zero-order valence-electron chi connectivity index (χ0n) is 17.4. The Balaban J connectivity index is 1.45. The van der Waals surface area contributed by atoms with Gasteiger partial charge in [-0.3, -0.25) is 20.2 Å². The molecular weight excluding hydrogens is 476 g/mol. The number of amides is 1. The standard InChI is InChI=1S/C24H15ClN4O4S/c25-21-4-2-1-3-16(21)12-20-14-27-24(34-20)28-23(30)17(13-26)11-19-9-10-22(33-19)15-5-7-18(8-6-15)29(31)32/h1-11,14H,12H2,(H,27,28,30)/b17-11+. The molecule has 4 rings (SSSR count). The summed E-state index contributed by atoms with van der Waals surface area (Å²) in [6, 6.07) is 18.5. The predicted molar refractivity (Wildman–Crippen MR) is 129 cm³/mol. The summed E-state index contributed by atoms with van der Waals surface area (Å²) in [6.07, 6.45) is 3.55. The summed E-state index contributed by atoms with van der Waals surface area (Å²) in [5.41, 5.74) is 1.38. The van der Waals surface area contributed by atoms with E-state index >= 15 is 0 Å². The molecule has 2 heterocycles. The highest BCUT2D eigenvalue weighted by molar-refractivity contribution is 7.15. The van der Waals surface area contributed by atoms with Crippen molar-refractivity contribution in [1.29, 1.82) is 5.26 Å². The first-order valence-corrected chi connectivity index (χ1v) is 11.1. The first kappa shape index (κ1) is 22.9. The quantitative estimate of drug-likeness (QED) is 0.144. The number of hydrogen-bond acceptors (Lipinski definition) is 7. The van der Waals surface area contributed by atoms with E-state index < -0.39 is 10.8 Å². The monoisotopic (exact) mass is 490 g/mol. The van der Waals surface area contributed by atoms with Crippen LogP contribution in [0.1, 0.15) is 16.2 Å². The van der Waals surface area contributed by atoms with Gasteiger partial charge in [-0.2, -0.15) is 5.26 Å². The number of nitriles is 1. The average molecular weight is 491 g/mol. The van der Waals surface area contributed by atoms with Crippen LogP contribution >= 0.6 is 22.9 Å². The smallest absolute Gasteiger partial charge is 0.269 e. The lowest BCUT2D eigenvalue weighted by Crippen LogP contribution is -2.13. The van der Waals surface area contributed by atoms with E-state index in [0.29, 0.717) is 33.7 Å². The number of non-ortho nitro benzene ring substituents is 1. The molecule has 0 atom stereocenters. The Hall–Kier alpha value is -4.26. The van der Waals surface area contributed by atoms with Gasteiger partial charge in [0.05, 0.1) is 4.92 Å². The molecule has 1 N–H and O–H groups in total. The van der Waals surface area contributed by atoms with Crippen LogP contribution in [-0.2, 0) is 11.2 Å². The van der Waals surface area contributed by atoms with Gasteiger partial charge in [-0.05, 0) is 35.9 Å². The number of furan rings is 1. The minimum Gasteiger partial charge on any atom is -0.457 e. The first-order valence-electron chi connectivity index (χ1n) is 9.89. The fourth-order valence-electron chi connectivity index (χ4n) is 3.06. The highest BCUT2D eigenvalue weighted by Gasteiger charge is 2.14. The van der Waals surface area contributed by atoms with E-state index in [4.69, 9.17) is 16.0 Å².